The van der Waals surface area contributed by atoms with Crippen molar-refractivity contribution in [2.75, 3.05) is 13.6 Å². The molecule has 0 amide bonds. The molecule has 21 heavy (non-hydrogen) atoms. The van der Waals surface area contributed by atoms with Crippen LogP contribution in [0, 0.1) is 12.8 Å². The number of rotatable bonds is 5. The molecule has 1 aliphatic carbocycles. The molecule has 2 rings (SSSR count). The Labute approximate surface area is 129 Å². The summed E-state index contributed by atoms with van der Waals surface area (Å²) in [4.78, 5) is 4.35. The van der Waals surface area contributed by atoms with Gasteiger partial charge >= 0.3 is 0 Å². The van der Waals surface area contributed by atoms with E-state index in [-0.39, 0.29) is 0 Å². The van der Waals surface area contributed by atoms with Crippen LogP contribution in [0.25, 0.3) is 0 Å². The monoisotopic (exact) mass is 287 g/mol. The average Bonchev–Trinajstić information content (AvgIpc) is 3.24. The maximum atomic E-state index is 4.35. The molecule has 2 N–H and O–H groups in total. The summed E-state index contributed by atoms with van der Waals surface area (Å²) >= 11 is 0. The summed E-state index contributed by atoms with van der Waals surface area (Å²) < 4.78 is 0. The van der Waals surface area contributed by atoms with Gasteiger partial charge in [-0.1, -0.05) is 38.1 Å². The fourth-order valence-electron chi connectivity index (χ4n) is 2.69. The van der Waals surface area contributed by atoms with Crippen LogP contribution in [0.3, 0.4) is 0 Å². The molecule has 1 unspecified atom stereocenters. The molecule has 0 bridgehead atoms. The molecule has 1 atom stereocenters. The van der Waals surface area contributed by atoms with Crippen molar-refractivity contribution in [2.45, 2.75) is 52.0 Å². The lowest BCUT2D eigenvalue weighted by Gasteiger charge is -2.24. The smallest absolute Gasteiger partial charge is 0.191 e. The van der Waals surface area contributed by atoms with Gasteiger partial charge in [-0.2, -0.15) is 0 Å². The third kappa shape index (κ3) is 3.78. The highest BCUT2D eigenvalue weighted by atomic mass is 15.2. The first kappa shape index (κ1) is 15.9. The maximum Gasteiger partial charge on any atom is 0.191 e. The number of aryl methyl sites for hydroxylation is 1. The number of nitrogens with zero attached hydrogens (tertiary/aromatic N) is 1. The lowest BCUT2D eigenvalue weighted by Crippen LogP contribution is -2.46. The van der Waals surface area contributed by atoms with Crippen molar-refractivity contribution in [3.8, 4) is 0 Å². The summed E-state index contributed by atoms with van der Waals surface area (Å²) in [5.74, 6) is 1.51. The molecule has 0 aliphatic heterocycles. The summed E-state index contributed by atoms with van der Waals surface area (Å²) in [6.45, 7) is 9.82. The minimum Gasteiger partial charge on any atom is -0.356 e. The van der Waals surface area contributed by atoms with Crippen LogP contribution < -0.4 is 10.6 Å². The van der Waals surface area contributed by atoms with E-state index in [0.29, 0.717) is 17.4 Å². The first-order chi connectivity index (χ1) is 9.98. The quantitative estimate of drug-likeness (QED) is 0.644. The molecule has 0 aromatic heterocycles. The van der Waals surface area contributed by atoms with Crippen LogP contribution in [-0.4, -0.2) is 25.6 Å². The Bertz CT molecular complexity index is 501. The molecule has 0 spiro atoms. The third-order valence-electron chi connectivity index (χ3n) is 4.75. The van der Waals surface area contributed by atoms with Crippen LogP contribution in [-0.2, 0) is 5.41 Å². The van der Waals surface area contributed by atoms with E-state index >= 15 is 0 Å². The highest BCUT2D eigenvalue weighted by molar-refractivity contribution is 5.80. The molecule has 0 radical (unpaired) electrons. The first-order valence-electron chi connectivity index (χ1n) is 8.02. The second-order valence-corrected chi connectivity index (χ2v) is 6.70. The van der Waals surface area contributed by atoms with Crippen LogP contribution in [0.4, 0.5) is 0 Å². The number of benzene rings is 1. The Hall–Kier alpha value is -1.51. The predicted octanol–water partition coefficient (Wildman–Crippen LogP) is 3.24. The Morgan fingerprint density at radius 2 is 1.90 bits per heavy atom. The largest absolute Gasteiger partial charge is 0.356 e. The highest BCUT2D eigenvalue weighted by Crippen LogP contribution is 2.48. The second-order valence-electron chi connectivity index (χ2n) is 6.70. The summed E-state index contributed by atoms with van der Waals surface area (Å²) in [6.07, 6.45) is 2.53. The lowest BCUT2D eigenvalue weighted by atomic mass is 9.92. The van der Waals surface area contributed by atoms with Crippen molar-refractivity contribution >= 4 is 5.96 Å². The minimum atomic E-state index is 0.310. The summed E-state index contributed by atoms with van der Waals surface area (Å²) in [7, 11) is 1.84. The fourth-order valence-corrected chi connectivity index (χ4v) is 2.69. The van der Waals surface area contributed by atoms with Gasteiger partial charge in [0.2, 0.25) is 0 Å². The van der Waals surface area contributed by atoms with E-state index in [4.69, 9.17) is 0 Å². The van der Waals surface area contributed by atoms with Crippen LogP contribution in [0.15, 0.2) is 29.3 Å². The number of nitrogens with one attached hydrogen (secondary N) is 2. The van der Waals surface area contributed by atoms with Gasteiger partial charge < -0.3 is 10.6 Å². The van der Waals surface area contributed by atoms with E-state index in [1.807, 2.05) is 7.05 Å². The van der Waals surface area contributed by atoms with Gasteiger partial charge in [0, 0.05) is 25.0 Å². The Morgan fingerprint density at radius 1 is 1.24 bits per heavy atom. The second kappa shape index (κ2) is 6.50. The number of hydrogen-bond donors (Lipinski definition) is 2. The Morgan fingerprint density at radius 3 is 2.43 bits per heavy atom. The molecule has 0 heterocycles. The van der Waals surface area contributed by atoms with Crippen LogP contribution in [0.2, 0.25) is 0 Å². The Kier molecular flexibility index (Phi) is 4.92. The van der Waals surface area contributed by atoms with E-state index in [1.165, 1.54) is 24.0 Å². The van der Waals surface area contributed by atoms with Gasteiger partial charge in [0.25, 0.3) is 0 Å². The molecule has 1 aromatic rings. The normalized spacial score (nSPS) is 18.5. The average molecular weight is 287 g/mol. The lowest BCUT2D eigenvalue weighted by molar-refractivity contribution is 0.479. The van der Waals surface area contributed by atoms with Crippen LogP contribution in [0.1, 0.15) is 44.7 Å². The van der Waals surface area contributed by atoms with E-state index in [1.54, 1.807) is 0 Å². The van der Waals surface area contributed by atoms with Crippen molar-refractivity contribution in [1.29, 1.82) is 0 Å². The zero-order valence-electron chi connectivity index (χ0n) is 14.0. The maximum absolute atomic E-state index is 4.35. The van der Waals surface area contributed by atoms with Gasteiger partial charge in [-0.15, -0.1) is 0 Å². The van der Waals surface area contributed by atoms with Crippen LogP contribution in [0.5, 0.6) is 0 Å². The molecule has 3 heteroatoms. The molecule has 116 valence electrons. The Balaban J connectivity index is 1.97. The van der Waals surface area contributed by atoms with E-state index in [9.17, 15) is 0 Å². The zero-order chi connectivity index (χ0) is 15.5. The van der Waals surface area contributed by atoms with Gasteiger partial charge in [-0.05, 0) is 43.7 Å². The molecule has 1 saturated carbocycles. The zero-order valence-corrected chi connectivity index (χ0v) is 14.0. The predicted molar refractivity (Wildman–Crippen MR) is 90.9 cm³/mol. The SMILES string of the molecule is CN=C(NCC1(c2ccccc2C)CC1)NC(C)C(C)C. The first-order valence-corrected chi connectivity index (χ1v) is 8.02. The van der Waals surface area contributed by atoms with Crippen molar-refractivity contribution in [3.63, 3.8) is 0 Å². The molecular formula is C18H29N3. The van der Waals surface area contributed by atoms with Gasteiger partial charge in [0.15, 0.2) is 5.96 Å². The number of guanidine groups is 1. The summed E-state index contributed by atoms with van der Waals surface area (Å²) in [5.41, 5.74) is 3.20. The van der Waals surface area contributed by atoms with Gasteiger partial charge in [-0.3, -0.25) is 4.99 Å². The van der Waals surface area contributed by atoms with Crippen LogP contribution >= 0.6 is 0 Å². The molecule has 0 saturated heterocycles. The van der Waals surface area contributed by atoms with E-state index in [0.717, 1.165) is 12.5 Å². The van der Waals surface area contributed by atoms with E-state index in [2.05, 4.69) is 67.6 Å². The highest BCUT2D eigenvalue weighted by Gasteiger charge is 2.44. The summed E-state index contributed by atoms with van der Waals surface area (Å²) in [6, 6.07) is 9.17. The van der Waals surface area contributed by atoms with Crippen molar-refractivity contribution < 1.29 is 0 Å². The van der Waals surface area contributed by atoms with Gasteiger partial charge in [-0.25, -0.2) is 0 Å². The molecule has 3 nitrogen and oxygen atoms in total. The van der Waals surface area contributed by atoms with Crippen molar-refractivity contribution in [3.05, 3.63) is 35.4 Å². The standard InChI is InChI=1S/C18H29N3/c1-13(2)15(4)21-17(19-5)20-12-18(10-11-18)16-9-7-6-8-14(16)3/h6-9,13,15H,10-12H2,1-5H3,(H2,19,20,21). The molecule has 1 aliphatic rings. The van der Waals surface area contributed by atoms with E-state index < -0.39 is 0 Å². The summed E-state index contributed by atoms with van der Waals surface area (Å²) in [5, 5.41) is 6.99. The minimum absolute atomic E-state index is 0.310. The number of aliphatic imine (C=N–C) groups is 1. The van der Waals surface area contributed by atoms with Gasteiger partial charge in [0.05, 0.1) is 0 Å². The molecule has 1 fully saturated rings. The fraction of sp³-hybridized carbons (Fsp3) is 0.611. The molecule has 1 aromatic carbocycles. The third-order valence-corrected chi connectivity index (χ3v) is 4.75. The topological polar surface area (TPSA) is 36.4 Å². The van der Waals surface area contributed by atoms with Crippen molar-refractivity contribution in [2.24, 2.45) is 10.9 Å². The number of hydrogen-bond acceptors (Lipinski definition) is 1. The molecular weight excluding hydrogens is 258 g/mol. The van der Waals surface area contributed by atoms with Crippen molar-refractivity contribution in [1.82, 2.24) is 10.6 Å². The van der Waals surface area contributed by atoms with Gasteiger partial charge in [0.1, 0.15) is 0 Å².